The van der Waals surface area contributed by atoms with E-state index in [-0.39, 0.29) is 24.4 Å². The molecule has 6 heteroatoms. The number of carbonyl (C=O) groups excluding carboxylic acids is 1. The number of nitrogens with zero attached hydrogens (tertiary/aromatic N) is 1. The van der Waals surface area contributed by atoms with Gasteiger partial charge < -0.3 is 19.7 Å². The van der Waals surface area contributed by atoms with Crippen molar-refractivity contribution in [3.63, 3.8) is 0 Å². The molecule has 0 saturated carbocycles. The summed E-state index contributed by atoms with van der Waals surface area (Å²) in [5.41, 5.74) is 0. The first-order chi connectivity index (χ1) is 10.0. The van der Waals surface area contributed by atoms with Gasteiger partial charge in [0.15, 0.2) is 0 Å². The Hall–Kier alpha value is -1.98. The van der Waals surface area contributed by atoms with Gasteiger partial charge in [0.2, 0.25) is 0 Å². The van der Waals surface area contributed by atoms with Crippen LogP contribution in [0.5, 0.6) is 0 Å². The Morgan fingerprint density at radius 3 is 2.76 bits per heavy atom. The van der Waals surface area contributed by atoms with Crippen LogP contribution in [0, 0.1) is 5.92 Å². The van der Waals surface area contributed by atoms with E-state index in [0.717, 1.165) is 18.6 Å². The van der Waals surface area contributed by atoms with E-state index < -0.39 is 5.97 Å². The Labute approximate surface area is 124 Å². The lowest BCUT2D eigenvalue weighted by molar-refractivity contribution is -0.138. The number of carboxylic acids is 1. The van der Waals surface area contributed by atoms with Crippen molar-refractivity contribution in [3.8, 4) is 0 Å². The van der Waals surface area contributed by atoms with Crippen molar-refractivity contribution in [2.24, 2.45) is 5.92 Å². The molecule has 1 saturated heterocycles. The largest absolute Gasteiger partial charge is 0.481 e. The SMILES string of the molecule is CC(Cc1ccco1)NC(=O)N1CCC(CC(=O)O)CC1. The van der Waals surface area contributed by atoms with Crippen LogP contribution in [0.4, 0.5) is 4.79 Å². The number of aliphatic carboxylic acids is 1. The molecule has 0 spiro atoms. The van der Waals surface area contributed by atoms with Gasteiger partial charge in [-0.3, -0.25) is 4.79 Å². The Morgan fingerprint density at radius 2 is 2.19 bits per heavy atom. The molecule has 0 aromatic carbocycles. The first-order valence-electron chi connectivity index (χ1n) is 7.34. The number of piperidine rings is 1. The van der Waals surface area contributed by atoms with Crippen LogP contribution in [0.15, 0.2) is 22.8 Å². The Morgan fingerprint density at radius 1 is 1.48 bits per heavy atom. The van der Waals surface area contributed by atoms with Crippen LogP contribution in [0.2, 0.25) is 0 Å². The van der Waals surface area contributed by atoms with Crippen molar-refractivity contribution in [2.45, 2.75) is 38.6 Å². The van der Waals surface area contributed by atoms with E-state index in [9.17, 15) is 9.59 Å². The predicted molar refractivity (Wildman–Crippen MR) is 77.0 cm³/mol. The molecule has 1 fully saturated rings. The molecule has 2 N–H and O–H groups in total. The Kier molecular flexibility index (Phi) is 5.25. The molecule has 2 amide bonds. The van der Waals surface area contributed by atoms with Gasteiger partial charge in [0.05, 0.1) is 6.26 Å². The van der Waals surface area contributed by atoms with Gasteiger partial charge in [-0.2, -0.15) is 0 Å². The van der Waals surface area contributed by atoms with Crippen LogP contribution in [0.25, 0.3) is 0 Å². The highest BCUT2D eigenvalue weighted by molar-refractivity contribution is 5.74. The molecule has 1 aromatic rings. The minimum Gasteiger partial charge on any atom is -0.481 e. The molecule has 2 heterocycles. The van der Waals surface area contributed by atoms with Crippen molar-refractivity contribution in [1.82, 2.24) is 10.2 Å². The van der Waals surface area contributed by atoms with Gasteiger partial charge in [-0.05, 0) is 37.8 Å². The molecule has 1 aromatic heterocycles. The zero-order valence-electron chi connectivity index (χ0n) is 12.2. The first kappa shape index (κ1) is 15.4. The van der Waals surface area contributed by atoms with Crippen LogP contribution >= 0.6 is 0 Å². The number of amides is 2. The predicted octanol–water partition coefficient (Wildman–Crippen LogP) is 2.11. The second kappa shape index (κ2) is 7.15. The third kappa shape index (κ3) is 4.81. The number of hydrogen-bond donors (Lipinski definition) is 2. The maximum Gasteiger partial charge on any atom is 0.317 e. The summed E-state index contributed by atoms with van der Waals surface area (Å²) >= 11 is 0. The van der Waals surface area contributed by atoms with E-state index in [0.29, 0.717) is 19.5 Å². The van der Waals surface area contributed by atoms with Crippen LogP contribution < -0.4 is 5.32 Å². The highest BCUT2D eigenvalue weighted by Crippen LogP contribution is 2.20. The fourth-order valence-corrected chi connectivity index (χ4v) is 2.67. The van der Waals surface area contributed by atoms with Gasteiger partial charge in [0.25, 0.3) is 0 Å². The first-order valence-corrected chi connectivity index (χ1v) is 7.34. The van der Waals surface area contributed by atoms with Gasteiger partial charge >= 0.3 is 12.0 Å². The minimum absolute atomic E-state index is 0.000364. The summed E-state index contributed by atoms with van der Waals surface area (Å²) < 4.78 is 5.26. The molecule has 21 heavy (non-hydrogen) atoms. The second-order valence-corrected chi connectivity index (χ2v) is 5.66. The van der Waals surface area contributed by atoms with E-state index in [1.165, 1.54) is 0 Å². The second-order valence-electron chi connectivity index (χ2n) is 5.66. The summed E-state index contributed by atoms with van der Waals surface area (Å²) in [6, 6.07) is 3.64. The maximum atomic E-state index is 12.1. The molecule has 1 aliphatic heterocycles. The number of carboxylic acid groups (broad SMARTS) is 1. The molecule has 2 rings (SSSR count). The smallest absolute Gasteiger partial charge is 0.317 e. The summed E-state index contributed by atoms with van der Waals surface area (Å²) in [6.07, 6.45) is 3.99. The highest BCUT2D eigenvalue weighted by atomic mass is 16.4. The van der Waals surface area contributed by atoms with Gasteiger partial charge in [0.1, 0.15) is 5.76 Å². The Bertz CT molecular complexity index is 464. The van der Waals surface area contributed by atoms with Crippen LogP contribution in [0.3, 0.4) is 0 Å². The van der Waals surface area contributed by atoms with Crippen molar-refractivity contribution in [2.75, 3.05) is 13.1 Å². The molecule has 1 aliphatic rings. The van der Waals surface area contributed by atoms with E-state index in [2.05, 4.69) is 5.32 Å². The Balaban J connectivity index is 1.73. The molecule has 6 nitrogen and oxygen atoms in total. The van der Waals surface area contributed by atoms with Crippen LogP contribution in [0.1, 0.15) is 31.9 Å². The molecule has 0 aliphatic carbocycles. The third-order valence-corrected chi connectivity index (χ3v) is 3.82. The maximum absolute atomic E-state index is 12.1. The standard InChI is InChI=1S/C15H22N2O4/c1-11(9-13-3-2-8-21-13)16-15(20)17-6-4-12(5-7-17)10-14(18)19/h2-3,8,11-12H,4-7,9-10H2,1H3,(H,16,20)(H,18,19). The molecule has 1 unspecified atom stereocenters. The lowest BCUT2D eigenvalue weighted by Gasteiger charge is -2.32. The van der Waals surface area contributed by atoms with Crippen molar-refractivity contribution in [3.05, 3.63) is 24.2 Å². The third-order valence-electron chi connectivity index (χ3n) is 3.82. The fraction of sp³-hybridized carbons (Fsp3) is 0.600. The summed E-state index contributed by atoms with van der Waals surface area (Å²) in [4.78, 5) is 24.6. The number of urea groups is 1. The van der Waals surface area contributed by atoms with E-state index in [1.54, 1.807) is 11.2 Å². The molecule has 1 atom stereocenters. The summed E-state index contributed by atoms with van der Waals surface area (Å²) in [6.45, 7) is 3.19. The number of likely N-dealkylation sites (tertiary alicyclic amines) is 1. The van der Waals surface area contributed by atoms with Gasteiger partial charge in [-0.15, -0.1) is 0 Å². The number of nitrogens with one attached hydrogen (secondary N) is 1. The number of hydrogen-bond acceptors (Lipinski definition) is 3. The fourth-order valence-electron chi connectivity index (χ4n) is 2.67. The van der Waals surface area contributed by atoms with E-state index in [1.807, 2.05) is 19.1 Å². The lowest BCUT2D eigenvalue weighted by atomic mass is 9.94. The molecular weight excluding hydrogens is 272 g/mol. The monoisotopic (exact) mass is 294 g/mol. The van der Waals surface area contributed by atoms with E-state index >= 15 is 0 Å². The van der Waals surface area contributed by atoms with Crippen LogP contribution in [-0.2, 0) is 11.2 Å². The van der Waals surface area contributed by atoms with Gasteiger partial charge in [-0.25, -0.2) is 4.79 Å². The highest BCUT2D eigenvalue weighted by Gasteiger charge is 2.24. The number of rotatable bonds is 5. The van der Waals surface area contributed by atoms with Crippen LogP contribution in [-0.4, -0.2) is 41.1 Å². The zero-order chi connectivity index (χ0) is 15.2. The average Bonchev–Trinajstić information content (AvgIpc) is 2.91. The normalized spacial score (nSPS) is 17.5. The van der Waals surface area contributed by atoms with Crippen molar-refractivity contribution < 1.29 is 19.1 Å². The quantitative estimate of drug-likeness (QED) is 0.871. The molecular formula is C15H22N2O4. The molecule has 0 bridgehead atoms. The van der Waals surface area contributed by atoms with Crippen molar-refractivity contribution >= 4 is 12.0 Å². The molecule has 0 radical (unpaired) electrons. The average molecular weight is 294 g/mol. The summed E-state index contributed by atoms with van der Waals surface area (Å²) in [5, 5.41) is 11.7. The van der Waals surface area contributed by atoms with Gasteiger partial charge in [0, 0.05) is 32.0 Å². The number of carbonyl (C=O) groups is 2. The number of furan rings is 1. The summed E-state index contributed by atoms with van der Waals surface area (Å²) in [5.74, 6) is 0.278. The zero-order valence-corrected chi connectivity index (χ0v) is 12.2. The topological polar surface area (TPSA) is 82.8 Å². The van der Waals surface area contributed by atoms with E-state index in [4.69, 9.17) is 9.52 Å². The van der Waals surface area contributed by atoms with Crippen molar-refractivity contribution in [1.29, 1.82) is 0 Å². The minimum atomic E-state index is -0.759. The lowest BCUT2D eigenvalue weighted by Crippen LogP contribution is -2.47. The summed E-state index contributed by atoms with van der Waals surface area (Å²) in [7, 11) is 0. The van der Waals surface area contributed by atoms with Gasteiger partial charge in [-0.1, -0.05) is 0 Å². The molecule has 116 valence electrons.